The van der Waals surface area contributed by atoms with E-state index in [0.29, 0.717) is 0 Å². The molecule has 1 aliphatic rings. The van der Waals surface area contributed by atoms with Gasteiger partial charge in [0.25, 0.3) is 0 Å². The highest BCUT2D eigenvalue weighted by Crippen LogP contribution is 2.27. The Labute approximate surface area is 94.8 Å². The number of amides is 1. The van der Waals surface area contributed by atoms with Crippen LogP contribution in [0.3, 0.4) is 0 Å². The van der Waals surface area contributed by atoms with Gasteiger partial charge in [0.1, 0.15) is 0 Å². The van der Waals surface area contributed by atoms with Gasteiger partial charge in [-0.3, -0.25) is 9.89 Å². The van der Waals surface area contributed by atoms with Gasteiger partial charge in [0.05, 0.1) is 23.5 Å². The highest BCUT2D eigenvalue weighted by Gasteiger charge is 2.28. The molecule has 0 saturated heterocycles. The number of rotatable bonds is 2. The van der Waals surface area contributed by atoms with Crippen LogP contribution in [0.1, 0.15) is 44.0 Å². The zero-order valence-electron chi connectivity index (χ0n) is 9.71. The minimum absolute atomic E-state index is 0.0292. The molecule has 5 heteroatoms. The number of aromatic nitrogens is 2. The Hall–Kier alpha value is -1.36. The van der Waals surface area contributed by atoms with Crippen molar-refractivity contribution in [2.75, 3.05) is 0 Å². The number of carbonyl (C=O) groups excluding carboxylic acids is 1. The van der Waals surface area contributed by atoms with Crippen LogP contribution in [-0.4, -0.2) is 21.6 Å². The van der Waals surface area contributed by atoms with Crippen LogP contribution >= 0.6 is 0 Å². The predicted octanol–water partition coefficient (Wildman–Crippen LogP) is 0.641. The molecule has 0 radical (unpaired) electrons. The molecular formula is C11H18N4O. The van der Waals surface area contributed by atoms with Crippen LogP contribution in [0.5, 0.6) is 0 Å². The number of nitrogens with zero attached hydrogens (tertiary/aromatic N) is 1. The summed E-state index contributed by atoms with van der Waals surface area (Å²) in [5, 5.41) is 9.94. The number of carbonyl (C=O) groups is 1. The summed E-state index contributed by atoms with van der Waals surface area (Å²) in [4.78, 5) is 11.8. The zero-order chi connectivity index (χ0) is 11.8. The first kappa shape index (κ1) is 11.1. The predicted molar refractivity (Wildman–Crippen MR) is 60.7 cm³/mol. The van der Waals surface area contributed by atoms with Crippen LogP contribution < -0.4 is 11.1 Å². The van der Waals surface area contributed by atoms with Crippen LogP contribution in [0.25, 0.3) is 0 Å². The molecule has 1 aromatic heterocycles. The second-order valence-electron chi connectivity index (χ2n) is 4.95. The van der Waals surface area contributed by atoms with E-state index in [4.69, 9.17) is 5.73 Å². The largest absolute Gasteiger partial charge is 0.346 e. The lowest BCUT2D eigenvalue weighted by molar-refractivity contribution is -0.126. The molecule has 1 aromatic rings. The lowest BCUT2D eigenvalue weighted by Crippen LogP contribution is -2.50. The van der Waals surface area contributed by atoms with Crippen molar-refractivity contribution in [1.29, 1.82) is 0 Å². The van der Waals surface area contributed by atoms with Crippen LogP contribution in [0.2, 0.25) is 0 Å². The summed E-state index contributed by atoms with van der Waals surface area (Å²) in [6.07, 6.45) is 4.88. The summed E-state index contributed by atoms with van der Waals surface area (Å²) < 4.78 is 0. The number of fused-ring (bicyclic) bond motifs is 1. The van der Waals surface area contributed by atoms with Crippen molar-refractivity contribution in [3.63, 3.8) is 0 Å². The molecule has 0 fully saturated rings. The second kappa shape index (κ2) is 3.90. The summed E-state index contributed by atoms with van der Waals surface area (Å²) in [5.74, 6) is -0.125. The van der Waals surface area contributed by atoms with E-state index < -0.39 is 5.54 Å². The van der Waals surface area contributed by atoms with Gasteiger partial charge in [-0.05, 0) is 38.7 Å². The molecule has 1 heterocycles. The van der Waals surface area contributed by atoms with Crippen molar-refractivity contribution in [2.45, 2.75) is 44.7 Å². The van der Waals surface area contributed by atoms with Gasteiger partial charge in [-0.1, -0.05) is 0 Å². The van der Waals surface area contributed by atoms with Gasteiger partial charge >= 0.3 is 0 Å². The quantitative estimate of drug-likeness (QED) is 0.686. The first-order chi connectivity index (χ1) is 7.48. The molecule has 0 spiro atoms. The van der Waals surface area contributed by atoms with E-state index in [0.717, 1.165) is 25.0 Å². The minimum Gasteiger partial charge on any atom is -0.346 e. The molecule has 2 rings (SSSR count). The van der Waals surface area contributed by atoms with Crippen molar-refractivity contribution >= 4 is 5.91 Å². The Morgan fingerprint density at radius 1 is 1.69 bits per heavy atom. The fraction of sp³-hybridized carbons (Fsp3) is 0.636. The van der Waals surface area contributed by atoms with Crippen molar-refractivity contribution in [2.24, 2.45) is 5.73 Å². The molecule has 0 aromatic carbocycles. The Bertz CT molecular complexity index is 391. The molecule has 1 aliphatic carbocycles. The van der Waals surface area contributed by atoms with E-state index in [1.54, 1.807) is 13.8 Å². The third-order valence-corrected chi connectivity index (χ3v) is 2.93. The normalized spacial score (nSPS) is 20.3. The van der Waals surface area contributed by atoms with Gasteiger partial charge in [-0.25, -0.2) is 0 Å². The smallest absolute Gasteiger partial charge is 0.240 e. The summed E-state index contributed by atoms with van der Waals surface area (Å²) in [6, 6.07) is 0.0292. The second-order valence-corrected chi connectivity index (χ2v) is 4.95. The topological polar surface area (TPSA) is 83.8 Å². The van der Waals surface area contributed by atoms with Crippen LogP contribution in [-0.2, 0) is 11.2 Å². The van der Waals surface area contributed by atoms with Gasteiger partial charge in [0.2, 0.25) is 5.91 Å². The molecular weight excluding hydrogens is 204 g/mol. The van der Waals surface area contributed by atoms with Crippen molar-refractivity contribution < 1.29 is 4.79 Å². The van der Waals surface area contributed by atoms with E-state index in [1.165, 1.54) is 5.56 Å². The Kier molecular flexibility index (Phi) is 2.71. The average molecular weight is 222 g/mol. The lowest BCUT2D eigenvalue weighted by Gasteiger charge is -2.26. The third kappa shape index (κ3) is 2.09. The lowest BCUT2D eigenvalue weighted by atomic mass is 9.93. The maximum atomic E-state index is 11.8. The first-order valence-electron chi connectivity index (χ1n) is 5.60. The summed E-state index contributed by atoms with van der Waals surface area (Å²) >= 11 is 0. The summed E-state index contributed by atoms with van der Waals surface area (Å²) in [5.41, 5.74) is 7.15. The van der Waals surface area contributed by atoms with Gasteiger partial charge < -0.3 is 11.1 Å². The Morgan fingerprint density at radius 3 is 3.12 bits per heavy atom. The van der Waals surface area contributed by atoms with Crippen LogP contribution in [0.15, 0.2) is 6.20 Å². The van der Waals surface area contributed by atoms with Crippen molar-refractivity contribution in [1.82, 2.24) is 15.5 Å². The van der Waals surface area contributed by atoms with E-state index >= 15 is 0 Å². The van der Waals surface area contributed by atoms with Gasteiger partial charge in [-0.15, -0.1) is 0 Å². The van der Waals surface area contributed by atoms with E-state index in [1.807, 2.05) is 6.20 Å². The average Bonchev–Trinajstić information content (AvgIpc) is 2.65. The molecule has 16 heavy (non-hydrogen) atoms. The zero-order valence-corrected chi connectivity index (χ0v) is 9.71. The highest BCUT2D eigenvalue weighted by molar-refractivity contribution is 5.85. The van der Waals surface area contributed by atoms with Gasteiger partial charge in [-0.2, -0.15) is 5.10 Å². The van der Waals surface area contributed by atoms with Crippen LogP contribution in [0.4, 0.5) is 0 Å². The molecule has 5 nitrogen and oxygen atoms in total. The van der Waals surface area contributed by atoms with E-state index in [9.17, 15) is 4.79 Å². The molecule has 1 atom stereocenters. The molecule has 4 N–H and O–H groups in total. The van der Waals surface area contributed by atoms with E-state index in [2.05, 4.69) is 15.5 Å². The minimum atomic E-state index is -0.836. The molecule has 88 valence electrons. The number of H-pyrrole nitrogens is 1. The number of hydrogen-bond acceptors (Lipinski definition) is 3. The molecule has 0 aliphatic heterocycles. The number of nitrogens with one attached hydrogen (secondary N) is 2. The molecule has 0 saturated carbocycles. The Morgan fingerprint density at radius 2 is 2.44 bits per heavy atom. The maximum Gasteiger partial charge on any atom is 0.240 e. The van der Waals surface area contributed by atoms with Crippen molar-refractivity contribution in [3.8, 4) is 0 Å². The number of nitrogens with two attached hydrogens (primary N) is 1. The standard InChI is InChI=1S/C11H18N4O/c1-11(2,12)10(16)14-8-5-3-4-7-6-13-15-9(7)8/h6,8H,3-5,12H2,1-2H3,(H,13,15)(H,14,16). The number of aryl methyl sites for hydroxylation is 1. The summed E-state index contributed by atoms with van der Waals surface area (Å²) in [6.45, 7) is 3.41. The Balaban J connectivity index is 2.11. The third-order valence-electron chi connectivity index (χ3n) is 2.93. The fourth-order valence-electron chi connectivity index (χ4n) is 1.95. The fourth-order valence-corrected chi connectivity index (χ4v) is 1.95. The monoisotopic (exact) mass is 222 g/mol. The van der Waals surface area contributed by atoms with Gasteiger partial charge in [0.15, 0.2) is 0 Å². The first-order valence-corrected chi connectivity index (χ1v) is 5.60. The van der Waals surface area contributed by atoms with Crippen LogP contribution in [0, 0.1) is 0 Å². The van der Waals surface area contributed by atoms with Crippen molar-refractivity contribution in [3.05, 3.63) is 17.5 Å². The molecule has 1 unspecified atom stereocenters. The number of aromatic amines is 1. The maximum absolute atomic E-state index is 11.8. The SMILES string of the molecule is CC(C)(N)C(=O)NC1CCCc2cn[nH]c21. The molecule has 0 bridgehead atoms. The summed E-state index contributed by atoms with van der Waals surface area (Å²) in [7, 11) is 0. The number of hydrogen-bond donors (Lipinski definition) is 3. The van der Waals surface area contributed by atoms with E-state index in [-0.39, 0.29) is 11.9 Å². The molecule has 1 amide bonds. The van der Waals surface area contributed by atoms with Gasteiger partial charge in [0, 0.05) is 0 Å². The highest BCUT2D eigenvalue weighted by atomic mass is 16.2.